The molecule has 1 aromatic rings. The molecule has 0 amide bonds. The van der Waals surface area contributed by atoms with Crippen LogP contribution < -0.4 is 5.32 Å². The Bertz CT molecular complexity index is 394. The maximum Gasteiger partial charge on any atom is 0.0640 e. The van der Waals surface area contributed by atoms with Gasteiger partial charge in [-0.1, -0.05) is 26.7 Å². The van der Waals surface area contributed by atoms with Gasteiger partial charge in [0.2, 0.25) is 0 Å². The molecule has 20 heavy (non-hydrogen) atoms. The quantitative estimate of drug-likeness (QED) is 0.769. The first-order valence-electron chi connectivity index (χ1n) is 7.96. The zero-order valence-corrected chi connectivity index (χ0v) is 12.9. The summed E-state index contributed by atoms with van der Waals surface area (Å²) in [5.74, 6) is 0.780. The third kappa shape index (κ3) is 4.32. The minimum Gasteiger partial charge on any atom is -0.394 e. The average molecular weight is 279 g/mol. The van der Waals surface area contributed by atoms with Crippen LogP contribution in [0.2, 0.25) is 0 Å². The molecule has 1 heterocycles. The molecule has 0 unspecified atom stereocenters. The Morgan fingerprint density at radius 1 is 1.40 bits per heavy atom. The molecule has 0 aromatic carbocycles. The van der Waals surface area contributed by atoms with Gasteiger partial charge in [-0.15, -0.1) is 0 Å². The highest BCUT2D eigenvalue weighted by Gasteiger charge is 2.33. The first-order chi connectivity index (χ1) is 9.63. The van der Waals surface area contributed by atoms with Crippen LogP contribution in [0.1, 0.15) is 51.5 Å². The maximum absolute atomic E-state index is 8.89. The van der Waals surface area contributed by atoms with Crippen molar-refractivity contribution in [3.05, 3.63) is 18.0 Å². The number of rotatable bonds is 8. The molecule has 0 saturated heterocycles. The molecule has 1 aliphatic rings. The first kappa shape index (κ1) is 15.5. The number of hydrogen-bond donors (Lipinski definition) is 2. The summed E-state index contributed by atoms with van der Waals surface area (Å²) in [6, 6.07) is 0. The fraction of sp³-hybridized carbons (Fsp3) is 0.812. The van der Waals surface area contributed by atoms with Crippen molar-refractivity contribution in [1.82, 2.24) is 15.1 Å². The molecule has 114 valence electrons. The van der Waals surface area contributed by atoms with Crippen LogP contribution in [-0.2, 0) is 13.1 Å². The van der Waals surface area contributed by atoms with E-state index in [-0.39, 0.29) is 6.61 Å². The Morgan fingerprint density at radius 3 is 2.80 bits per heavy atom. The summed E-state index contributed by atoms with van der Waals surface area (Å²) in [7, 11) is 0. The molecule has 0 bridgehead atoms. The highest BCUT2D eigenvalue weighted by atomic mass is 16.3. The molecule has 1 aliphatic carbocycles. The normalized spacial score (nSPS) is 18.0. The Morgan fingerprint density at radius 2 is 2.15 bits per heavy atom. The molecule has 0 spiro atoms. The molecular formula is C16H29N3O. The smallest absolute Gasteiger partial charge is 0.0640 e. The summed E-state index contributed by atoms with van der Waals surface area (Å²) in [4.78, 5) is 0. The standard InChI is InChI=1S/C16H29N3O/c1-14(2)9-16(5-3-4-6-16)13-17-10-15-11-18-19(12-15)7-8-20/h11-12,14,17,20H,3-10,13H2,1-2H3. The SMILES string of the molecule is CC(C)CC1(CNCc2cnn(CCO)c2)CCCC1. The van der Waals surface area contributed by atoms with E-state index in [1.165, 1.54) is 37.7 Å². The van der Waals surface area contributed by atoms with Crippen LogP contribution in [0.25, 0.3) is 0 Å². The van der Waals surface area contributed by atoms with E-state index >= 15 is 0 Å². The molecule has 0 atom stereocenters. The van der Waals surface area contributed by atoms with Gasteiger partial charge >= 0.3 is 0 Å². The monoisotopic (exact) mass is 279 g/mol. The predicted octanol–water partition coefficient (Wildman–Crippen LogP) is 2.57. The minimum atomic E-state index is 0.145. The molecule has 0 aliphatic heterocycles. The van der Waals surface area contributed by atoms with Gasteiger partial charge in [0.05, 0.1) is 19.3 Å². The summed E-state index contributed by atoms with van der Waals surface area (Å²) in [6.07, 6.45) is 10.8. The fourth-order valence-corrected chi connectivity index (χ4v) is 3.64. The number of aliphatic hydroxyl groups excluding tert-OH is 1. The van der Waals surface area contributed by atoms with Crippen molar-refractivity contribution in [2.75, 3.05) is 13.2 Å². The zero-order valence-electron chi connectivity index (χ0n) is 12.9. The van der Waals surface area contributed by atoms with Crippen molar-refractivity contribution in [2.24, 2.45) is 11.3 Å². The zero-order chi connectivity index (χ0) is 14.4. The fourth-order valence-electron chi connectivity index (χ4n) is 3.64. The lowest BCUT2D eigenvalue weighted by Gasteiger charge is -2.31. The largest absolute Gasteiger partial charge is 0.394 e. The van der Waals surface area contributed by atoms with Gasteiger partial charge in [0.1, 0.15) is 0 Å². The van der Waals surface area contributed by atoms with Gasteiger partial charge in [0.25, 0.3) is 0 Å². The molecule has 2 rings (SSSR count). The van der Waals surface area contributed by atoms with Gasteiger partial charge in [0, 0.05) is 24.8 Å². The van der Waals surface area contributed by atoms with Crippen LogP contribution in [0, 0.1) is 11.3 Å². The van der Waals surface area contributed by atoms with E-state index < -0.39 is 0 Å². The topological polar surface area (TPSA) is 50.1 Å². The van der Waals surface area contributed by atoms with Gasteiger partial charge in [0.15, 0.2) is 0 Å². The molecule has 4 heteroatoms. The summed E-state index contributed by atoms with van der Waals surface area (Å²) in [6.45, 7) is 7.39. The lowest BCUT2D eigenvalue weighted by atomic mass is 9.78. The van der Waals surface area contributed by atoms with Gasteiger partial charge in [-0.3, -0.25) is 4.68 Å². The Balaban J connectivity index is 1.80. The van der Waals surface area contributed by atoms with E-state index in [1.807, 2.05) is 12.4 Å². The lowest BCUT2D eigenvalue weighted by molar-refractivity contribution is 0.223. The third-order valence-corrected chi connectivity index (χ3v) is 4.35. The van der Waals surface area contributed by atoms with Crippen molar-refractivity contribution < 1.29 is 5.11 Å². The Kier molecular flexibility index (Phi) is 5.61. The van der Waals surface area contributed by atoms with E-state index in [1.54, 1.807) is 4.68 Å². The molecular weight excluding hydrogens is 250 g/mol. The maximum atomic E-state index is 8.89. The number of aromatic nitrogens is 2. The number of nitrogens with zero attached hydrogens (tertiary/aromatic N) is 2. The van der Waals surface area contributed by atoms with Crippen LogP contribution in [0.5, 0.6) is 0 Å². The van der Waals surface area contributed by atoms with E-state index in [0.29, 0.717) is 12.0 Å². The van der Waals surface area contributed by atoms with Crippen molar-refractivity contribution >= 4 is 0 Å². The van der Waals surface area contributed by atoms with Crippen LogP contribution in [0.4, 0.5) is 0 Å². The Hall–Kier alpha value is -0.870. The second kappa shape index (κ2) is 7.23. The number of hydrogen-bond acceptors (Lipinski definition) is 3. The van der Waals surface area contributed by atoms with Crippen molar-refractivity contribution in [1.29, 1.82) is 0 Å². The van der Waals surface area contributed by atoms with Crippen LogP contribution in [0.3, 0.4) is 0 Å². The molecule has 4 nitrogen and oxygen atoms in total. The van der Waals surface area contributed by atoms with Crippen molar-refractivity contribution in [2.45, 2.75) is 59.0 Å². The highest BCUT2D eigenvalue weighted by Crippen LogP contribution is 2.42. The lowest BCUT2D eigenvalue weighted by Crippen LogP contribution is -2.33. The average Bonchev–Trinajstić information content (AvgIpc) is 3.00. The highest BCUT2D eigenvalue weighted by molar-refractivity contribution is 5.03. The van der Waals surface area contributed by atoms with Crippen LogP contribution in [0.15, 0.2) is 12.4 Å². The molecule has 1 fully saturated rings. The van der Waals surface area contributed by atoms with Crippen molar-refractivity contribution in [3.8, 4) is 0 Å². The second-order valence-electron chi connectivity index (χ2n) is 6.74. The Labute approximate surface area is 122 Å². The van der Waals surface area contributed by atoms with Crippen LogP contribution >= 0.6 is 0 Å². The molecule has 2 N–H and O–H groups in total. The van der Waals surface area contributed by atoms with Crippen molar-refractivity contribution in [3.63, 3.8) is 0 Å². The third-order valence-electron chi connectivity index (χ3n) is 4.35. The van der Waals surface area contributed by atoms with Gasteiger partial charge in [-0.25, -0.2) is 0 Å². The van der Waals surface area contributed by atoms with Gasteiger partial charge < -0.3 is 10.4 Å². The summed E-state index contributed by atoms with van der Waals surface area (Å²) in [5.41, 5.74) is 1.73. The van der Waals surface area contributed by atoms with E-state index in [9.17, 15) is 0 Å². The molecule has 0 radical (unpaired) electrons. The molecule has 1 aromatic heterocycles. The van der Waals surface area contributed by atoms with E-state index in [0.717, 1.165) is 19.0 Å². The van der Waals surface area contributed by atoms with Gasteiger partial charge in [-0.05, 0) is 30.6 Å². The minimum absolute atomic E-state index is 0.145. The second-order valence-corrected chi connectivity index (χ2v) is 6.74. The summed E-state index contributed by atoms with van der Waals surface area (Å²) in [5, 5.41) is 16.8. The summed E-state index contributed by atoms with van der Waals surface area (Å²) < 4.78 is 1.80. The van der Waals surface area contributed by atoms with Crippen LogP contribution in [-0.4, -0.2) is 28.0 Å². The van der Waals surface area contributed by atoms with E-state index in [2.05, 4.69) is 24.3 Å². The molecule has 1 saturated carbocycles. The number of nitrogens with one attached hydrogen (secondary N) is 1. The van der Waals surface area contributed by atoms with Gasteiger partial charge in [-0.2, -0.15) is 5.10 Å². The first-order valence-corrected chi connectivity index (χ1v) is 7.96. The number of aliphatic hydroxyl groups is 1. The van der Waals surface area contributed by atoms with E-state index in [4.69, 9.17) is 5.11 Å². The predicted molar refractivity (Wildman–Crippen MR) is 81.4 cm³/mol. The summed E-state index contributed by atoms with van der Waals surface area (Å²) >= 11 is 0.